The number of hydrogen-bond acceptors (Lipinski definition) is 5. The molecule has 0 saturated carbocycles. The highest BCUT2D eigenvalue weighted by Gasteiger charge is 2.23. The predicted octanol–water partition coefficient (Wildman–Crippen LogP) is 2.66. The standard InChI is InChI=1S/C19H25N3O4S2/c1-4-20-18-11-10-17(28(25,26)22(2)3)13-19(18)21-27(23,24)16-9-8-14-6-5-7-15(14)12-16/h8-13,20-21H,4-7H2,1-3H3. The van der Waals surface area contributed by atoms with Crippen LogP contribution in [0.25, 0.3) is 0 Å². The molecule has 1 aliphatic rings. The second kappa shape index (κ2) is 7.73. The monoisotopic (exact) mass is 423 g/mol. The lowest BCUT2D eigenvalue weighted by Gasteiger charge is -2.17. The molecule has 0 bridgehead atoms. The largest absolute Gasteiger partial charge is 0.384 e. The maximum atomic E-state index is 13.0. The van der Waals surface area contributed by atoms with Crippen molar-refractivity contribution in [2.75, 3.05) is 30.7 Å². The van der Waals surface area contributed by atoms with E-state index in [4.69, 9.17) is 0 Å². The van der Waals surface area contributed by atoms with Gasteiger partial charge in [-0.05, 0) is 67.6 Å². The number of benzene rings is 2. The number of nitrogens with zero attached hydrogens (tertiary/aromatic N) is 1. The first-order chi connectivity index (χ1) is 13.1. The molecule has 0 saturated heterocycles. The summed E-state index contributed by atoms with van der Waals surface area (Å²) in [5.74, 6) is 0. The molecule has 3 rings (SSSR count). The van der Waals surface area contributed by atoms with E-state index in [9.17, 15) is 16.8 Å². The Hall–Kier alpha value is -2.10. The number of hydrogen-bond donors (Lipinski definition) is 2. The van der Waals surface area contributed by atoms with Crippen molar-refractivity contribution in [3.05, 3.63) is 47.5 Å². The zero-order valence-electron chi connectivity index (χ0n) is 16.2. The highest BCUT2D eigenvalue weighted by Crippen LogP contribution is 2.30. The molecular weight excluding hydrogens is 398 g/mol. The summed E-state index contributed by atoms with van der Waals surface area (Å²) in [6.07, 6.45) is 2.87. The van der Waals surface area contributed by atoms with Crippen LogP contribution in [0.15, 0.2) is 46.2 Å². The molecule has 2 N–H and O–H groups in total. The van der Waals surface area contributed by atoms with E-state index in [1.807, 2.05) is 13.0 Å². The highest BCUT2D eigenvalue weighted by atomic mass is 32.2. The Morgan fingerprint density at radius 1 is 0.893 bits per heavy atom. The van der Waals surface area contributed by atoms with Gasteiger partial charge in [0.05, 0.1) is 21.2 Å². The Labute approximate surface area is 166 Å². The van der Waals surface area contributed by atoms with Gasteiger partial charge in [-0.2, -0.15) is 0 Å². The van der Waals surface area contributed by atoms with Crippen molar-refractivity contribution in [2.24, 2.45) is 0 Å². The van der Waals surface area contributed by atoms with Crippen LogP contribution in [0.3, 0.4) is 0 Å². The summed E-state index contributed by atoms with van der Waals surface area (Å²) in [5, 5.41) is 3.06. The molecule has 152 valence electrons. The Kier molecular flexibility index (Phi) is 5.69. The minimum atomic E-state index is -3.86. The normalized spacial score (nSPS) is 14.1. The number of rotatable bonds is 7. The maximum absolute atomic E-state index is 13.0. The van der Waals surface area contributed by atoms with E-state index in [0.29, 0.717) is 12.2 Å². The minimum absolute atomic E-state index is 0.0193. The van der Waals surface area contributed by atoms with Gasteiger partial charge in [0.1, 0.15) is 0 Å². The van der Waals surface area contributed by atoms with E-state index in [0.717, 1.165) is 29.1 Å². The molecule has 1 aliphatic carbocycles. The molecule has 2 aromatic rings. The van der Waals surface area contributed by atoms with Crippen LogP contribution < -0.4 is 10.0 Å². The van der Waals surface area contributed by atoms with Crippen LogP contribution in [0.5, 0.6) is 0 Å². The molecule has 0 spiro atoms. The lowest BCUT2D eigenvalue weighted by Crippen LogP contribution is -2.22. The third-order valence-electron chi connectivity index (χ3n) is 4.76. The van der Waals surface area contributed by atoms with E-state index < -0.39 is 20.0 Å². The first-order valence-corrected chi connectivity index (χ1v) is 12.0. The number of anilines is 2. The first kappa shape index (κ1) is 20.6. The lowest BCUT2D eigenvalue weighted by atomic mass is 10.1. The quantitative estimate of drug-likeness (QED) is 0.714. The molecule has 0 heterocycles. The molecule has 0 amide bonds. The third-order valence-corrected chi connectivity index (χ3v) is 7.94. The van der Waals surface area contributed by atoms with Crippen LogP contribution in [0.1, 0.15) is 24.5 Å². The van der Waals surface area contributed by atoms with E-state index in [1.165, 1.54) is 31.8 Å². The van der Waals surface area contributed by atoms with Crippen LogP contribution in [0, 0.1) is 0 Å². The molecule has 0 fully saturated rings. The minimum Gasteiger partial charge on any atom is -0.384 e. The Bertz CT molecular complexity index is 1090. The first-order valence-electron chi connectivity index (χ1n) is 9.10. The molecule has 0 aromatic heterocycles. The van der Waals surface area contributed by atoms with Crippen molar-refractivity contribution in [3.63, 3.8) is 0 Å². The molecule has 7 nitrogen and oxygen atoms in total. The number of sulfonamides is 2. The fourth-order valence-corrected chi connectivity index (χ4v) is 5.29. The van der Waals surface area contributed by atoms with Crippen LogP contribution in [-0.2, 0) is 32.9 Å². The van der Waals surface area contributed by atoms with Crippen LogP contribution in [0.2, 0.25) is 0 Å². The fourth-order valence-electron chi connectivity index (χ4n) is 3.24. The summed E-state index contributed by atoms with van der Waals surface area (Å²) in [6.45, 7) is 2.44. The second-order valence-corrected chi connectivity index (χ2v) is 10.7. The van der Waals surface area contributed by atoms with Gasteiger partial charge < -0.3 is 5.32 Å². The van der Waals surface area contributed by atoms with Gasteiger partial charge in [-0.1, -0.05) is 6.07 Å². The molecule has 9 heteroatoms. The Morgan fingerprint density at radius 2 is 1.57 bits per heavy atom. The van der Waals surface area contributed by atoms with Crippen molar-refractivity contribution < 1.29 is 16.8 Å². The Morgan fingerprint density at radius 3 is 2.25 bits per heavy atom. The topological polar surface area (TPSA) is 95.6 Å². The van der Waals surface area contributed by atoms with Gasteiger partial charge in [-0.3, -0.25) is 4.72 Å². The SMILES string of the molecule is CCNc1ccc(S(=O)(=O)N(C)C)cc1NS(=O)(=O)c1ccc2c(c1)CCC2. The van der Waals surface area contributed by atoms with E-state index >= 15 is 0 Å². The molecule has 0 unspecified atom stereocenters. The van der Waals surface area contributed by atoms with Gasteiger partial charge >= 0.3 is 0 Å². The summed E-state index contributed by atoms with van der Waals surface area (Å²) < 4.78 is 54.4. The maximum Gasteiger partial charge on any atom is 0.261 e. The zero-order chi connectivity index (χ0) is 20.5. The number of fused-ring (bicyclic) bond motifs is 1. The van der Waals surface area contributed by atoms with Gasteiger partial charge in [0.2, 0.25) is 10.0 Å². The summed E-state index contributed by atoms with van der Waals surface area (Å²) in [6, 6.07) is 9.53. The van der Waals surface area contributed by atoms with Crippen molar-refractivity contribution >= 4 is 31.4 Å². The van der Waals surface area contributed by atoms with E-state index in [-0.39, 0.29) is 15.5 Å². The van der Waals surface area contributed by atoms with Crippen molar-refractivity contribution in [1.29, 1.82) is 0 Å². The molecule has 0 aliphatic heterocycles. The van der Waals surface area contributed by atoms with Crippen molar-refractivity contribution in [2.45, 2.75) is 36.0 Å². The summed E-state index contributed by atoms with van der Waals surface area (Å²) in [5.41, 5.74) is 2.96. The summed E-state index contributed by atoms with van der Waals surface area (Å²) in [4.78, 5) is 0.197. The van der Waals surface area contributed by atoms with Crippen molar-refractivity contribution in [3.8, 4) is 0 Å². The van der Waals surface area contributed by atoms with Crippen molar-refractivity contribution in [1.82, 2.24) is 4.31 Å². The average Bonchev–Trinajstić information content (AvgIpc) is 3.10. The van der Waals surface area contributed by atoms with Crippen LogP contribution >= 0.6 is 0 Å². The summed E-state index contributed by atoms with van der Waals surface area (Å²) >= 11 is 0. The van der Waals surface area contributed by atoms with Gasteiger partial charge in [0, 0.05) is 20.6 Å². The van der Waals surface area contributed by atoms with Gasteiger partial charge in [0.25, 0.3) is 10.0 Å². The second-order valence-electron chi connectivity index (χ2n) is 6.91. The number of nitrogens with one attached hydrogen (secondary N) is 2. The zero-order valence-corrected chi connectivity index (χ0v) is 17.8. The predicted molar refractivity (Wildman–Crippen MR) is 111 cm³/mol. The lowest BCUT2D eigenvalue weighted by molar-refractivity contribution is 0.521. The van der Waals surface area contributed by atoms with Crippen LogP contribution in [-0.4, -0.2) is 41.8 Å². The summed E-state index contributed by atoms with van der Waals surface area (Å²) in [7, 11) is -4.68. The highest BCUT2D eigenvalue weighted by molar-refractivity contribution is 7.92. The van der Waals surface area contributed by atoms with Gasteiger partial charge in [-0.15, -0.1) is 0 Å². The Balaban J connectivity index is 2.01. The third kappa shape index (κ3) is 4.01. The fraction of sp³-hybridized carbons (Fsp3) is 0.368. The molecular formula is C19H25N3O4S2. The molecule has 28 heavy (non-hydrogen) atoms. The molecule has 0 atom stereocenters. The van der Waals surface area contributed by atoms with Crippen LogP contribution in [0.4, 0.5) is 11.4 Å². The van der Waals surface area contributed by atoms with Gasteiger partial charge in [0.15, 0.2) is 0 Å². The van der Waals surface area contributed by atoms with Gasteiger partial charge in [-0.25, -0.2) is 21.1 Å². The number of aryl methyl sites for hydroxylation is 2. The molecule has 2 aromatic carbocycles. The molecule has 0 radical (unpaired) electrons. The average molecular weight is 424 g/mol. The van der Waals surface area contributed by atoms with E-state index in [1.54, 1.807) is 18.2 Å². The van der Waals surface area contributed by atoms with E-state index in [2.05, 4.69) is 10.0 Å². The smallest absolute Gasteiger partial charge is 0.261 e.